The van der Waals surface area contributed by atoms with Gasteiger partial charge in [0.15, 0.2) is 5.69 Å². The molecule has 0 saturated carbocycles. The fourth-order valence-corrected chi connectivity index (χ4v) is 1.73. The second-order valence-electron chi connectivity index (χ2n) is 3.97. The summed E-state index contributed by atoms with van der Waals surface area (Å²) in [6, 6.07) is 1.23. The highest BCUT2D eigenvalue weighted by Crippen LogP contribution is 2.30. The van der Waals surface area contributed by atoms with E-state index in [-0.39, 0.29) is 31.2 Å². The highest BCUT2D eigenvalue weighted by molar-refractivity contribution is 5.85. The summed E-state index contributed by atoms with van der Waals surface area (Å²) >= 11 is 0. The topological polar surface area (TPSA) is 66.3 Å². The van der Waals surface area contributed by atoms with Crippen molar-refractivity contribution in [1.29, 1.82) is 0 Å². The van der Waals surface area contributed by atoms with Gasteiger partial charge < -0.3 is 10.0 Å². The molecule has 1 aromatic heterocycles. The largest absolute Gasteiger partial charge is 0.477 e. The van der Waals surface area contributed by atoms with Crippen molar-refractivity contribution in [2.75, 3.05) is 18.0 Å². The molecule has 0 bridgehead atoms. The average molecular weight is 273 g/mol. The number of carboxylic acids is 1. The maximum Gasteiger partial charge on any atom is 0.412 e. The number of carboxylic acid groups (broad SMARTS) is 1. The molecule has 19 heavy (non-hydrogen) atoms. The number of carbonyl (C=O) groups is 1. The molecule has 0 amide bonds. The maximum atomic E-state index is 12.4. The van der Waals surface area contributed by atoms with Crippen LogP contribution in [0.15, 0.2) is 23.9 Å². The summed E-state index contributed by atoms with van der Waals surface area (Å²) in [6.45, 7) is 0.117. The normalized spacial score (nSPS) is 16.2. The lowest BCUT2D eigenvalue weighted by molar-refractivity contribution is -0.0944. The Bertz CT molecular complexity index is 528. The van der Waals surface area contributed by atoms with E-state index in [1.165, 1.54) is 17.2 Å². The van der Waals surface area contributed by atoms with Crippen LogP contribution in [-0.2, 0) is 0 Å². The lowest BCUT2D eigenvalue weighted by atomic mass is 10.1. The van der Waals surface area contributed by atoms with E-state index in [9.17, 15) is 18.0 Å². The molecule has 5 nitrogen and oxygen atoms in total. The summed E-state index contributed by atoms with van der Waals surface area (Å²) in [6.07, 6.45) is -2.13. The summed E-state index contributed by atoms with van der Waals surface area (Å²) < 4.78 is 37.3. The molecule has 2 heterocycles. The van der Waals surface area contributed by atoms with E-state index in [1.54, 1.807) is 0 Å². The second kappa shape index (κ2) is 4.87. The molecular formula is C11H10F3N3O2. The van der Waals surface area contributed by atoms with Crippen molar-refractivity contribution in [3.05, 3.63) is 29.6 Å². The Hall–Kier alpha value is -2.12. The Morgan fingerprint density at radius 3 is 2.68 bits per heavy atom. The first-order valence-corrected chi connectivity index (χ1v) is 5.45. The van der Waals surface area contributed by atoms with Gasteiger partial charge in [-0.05, 0) is 12.5 Å². The molecule has 1 N–H and O–H groups in total. The number of alkyl halides is 3. The van der Waals surface area contributed by atoms with Crippen LogP contribution in [0.25, 0.3) is 0 Å². The maximum absolute atomic E-state index is 12.4. The zero-order valence-corrected chi connectivity index (χ0v) is 9.68. The van der Waals surface area contributed by atoms with E-state index in [4.69, 9.17) is 5.11 Å². The Kier molecular flexibility index (Phi) is 3.41. The van der Waals surface area contributed by atoms with Crippen molar-refractivity contribution in [1.82, 2.24) is 9.97 Å². The van der Waals surface area contributed by atoms with Crippen LogP contribution in [0.2, 0.25) is 0 Å². The zero-order valence-electron chi connectivity index (χ0n) is 9.68. The van der Waals surface area contributed by atoms with Crippen LogP contribution in [0.5, 0.6) is 0 Å². The van der Waals surface area contributed by atoms with Crippen LogP contribution in [0.4, 0.5) is 19.1 Å². The van der Waals surface area contributed by atoms with Crippen LogP contribution in [0, 0.1) is 0 Å². The summed E-state index contributed by atoms with van der Waals surface area (Å²) in [5, 5.41) is 8.79. The Morgan fingerprint density at radius 1 is 1.42 bits per heavy atom. The monoisotopic (exact) mass is 273 g/mol. The molecule has 0 fully saturated rings. The summed E-state index contributed by atoms with van der Waals surface area (Å²) in [5.41, 5.74) is -0.756. The Morgan fingerprint density at radius 2 is 2.16 bits per heavy atom. The predicted octanol–water partition coefficient (Wildman–Crippen LogP) is 1.87. The van der Waals surface area contributed by atoms with Gasteiger partial charge in [0.1, 0.15) is 0 Å². The first-order chi connectivity index (χ1) is 8.88. The molecular weight excluding hydrogens is 263 g/mol. The second-order valence-corrected chi connectivity index (χ2v) is 3.97. The van der Waals surface area contributed by atoms with Gasteiger partial charge in [-0.3, -0.25) is 0 Å². The number of aromatic carboxylic acids is 1. The smallest absolute Gasteiger partial charge is 0.412 e. The van der Waals surface area contributed by atoms with Crippen LogP contribution < -0.4 is 4.90 Å². The molecule has 0 aromatic carbocycles. The van der Waals surface area contributed by atoms with Crippen LogP contribution in [0.3, 0.4) is 0 Å². The number of anilines is 1. The van der Waals surface area contributed by atoms with Crippen molar-refractivity contribution < 1.29 is 23.1 Å². The number of halogens is 3. The molecule has 0 aliphatic carbocycles. The summed E-state index contributed by atoms with van der Waals surface area (Å²) in [4.78, 5) is 19.9. The zero-order chi connectivity index (χ0) is 14.0. The minimum absolute atomic E-state index is 0.0118. The fourth-order valence-electron chi connectivity index (χ4n) is 1.73. The van der Waals surface area contributed by atoms with Crippen molar-refractivity contribution in [3.63, 3.8) is 0 Å². The fraction of sp³-hybridized carbons (Fsp3) is 0.364. The molecule has 1 aromatic rings. The van der Waals surface area contributed by atoms with E-state index < -0.39 is 17.7 Å². The molecule has 0 saturated heterocycles. The third kappa shape index (κ3) is 3.01. The van der Waals surface area contributed by atoms with Crippen LogP contribution in [-0.4, -0.2) is 40.3 Å². The van der Waals surface area contributed by atoms with E-state index in [2.05, 4.69) is 9.97 Å². The predicted molar refractivity (Wildman–Crippen MR) is 60.0 cm³/mol. The Labute approximate surface area is 106 Å². The average Bonchev–Trinajstić information content (AvgIpc) is 2.38. The minimum atomic E-state index is -4.31. The van der Waals surface area contributed by atoms with Gasteiger partial charge >= 0.3 is 12.1 Å². The van der Waals surface area contributed by atoms with E-state index in [0.29, 0.717) is 0 Å². The van der Waals surface area contributed by atoms with Gasteiger partial charge in [-0.25, -0.2) is 14.8 Å². The van der Waals surface area contributed by atoms with Crippen molar-refractivity contribution in [3.8, 4) is 0 Å². The molecule has 8 heteroatoms. The van der Waals surface area contributed by atoms with E-state index >= 15 is 0 Å². The van der Waals surface area contributed by atoms with Crippen molar-refractivity contribution in [2.24, 2.45) is 0 Å². The minimum Gasteiger partial charge on any atom is -0.477 e. The molecule has 0 radical (unpaired) electrons. The van der Waals surface area contributed by atoms with Gasteiger partial charge in [0, 0.05) is 24.9 Å². The van der Waals surface area contributed by atoms with Gasteiger partial charge in [-0.2, -0.15) is 13.2 Å². The third-order valence-corrected chi connectivity index (χ3v) is 2.72. The molecule has 0 spiro atoms. The van der Waals surface area contributed by atoms with Gasteiger partial charge in [0.2, 0.25) is 5.95 Å². The molecule has 0 unspecified atom stereocenters. The number of hydrogen-bond donors (Lipinski definition) is 1. The van der Waals surface area contributed by atoms with E-state index in [0.717, 1.165) is 6.08 Å². The molecule has 1 aliphatic rings. The highest BCUT2D eigenvalue weighted by atomic mass is 19.4. The number of nitrogens with zero attached hydrogens (tertiary/aromatic N) is 3. The lowest BCUT2D eigenvalue weighted by Gasteiger charge is -2.27. The first kappa shape index (κ1) is 13.3. The number of rotatable bonds is 2. The van der Waals surface area contributed by atoms with Crippen molar-refractivity contribution >= 4 is 11.9 Å². The van der Waals surface area contributed by atoms with Crippen LogP contribution in [0.1, 0.15) is 16.9 Å². The third-order valence-electron chi connectivity index (χ3n) is 2.72. The quantitative estimate of drug-likeness (QED) is 0.833. The lowest BCUT2D eigenvalue weighted by Crippen LogP contribution is -2.33. The SMILES string of the molecule is O=C(O)c1ccnc(N2CC=C(C(F)(F)F)CC2)n1. The van der Waals surface area contributed by atoms with E-state index in [1.807, 2.05) is 0 Å². The molecule has 1 aliphatic heterocycles. The van der Waals surface area contributed by atoms with Gasteiger partial charge in [0.25, 0.3) is 0 Å². The summed E-state index contributed by atoms with van der Waals surface area (Å²) in [7, 11) is 0. The van der Waals surface area contributed by atoms with Crippen molar-refractivity contribution in [2.45, 2.75) is 12.6 Å². The first-order valence-electron chi connectivity index (χ1n) is 5.45. The highest BCUT2D eigenvalue weighted by Gasteiger charge is 2.35. The molecule has 2 rings (SSSR count). The molecule has 102 valence electrons. The van der Waals surface area contributed by atoms with Gasteiger partial charge in [-0.1, -0.05) is 6.08 Å². The Balaban J connectivity index is 2.16. The standard InChI is InChI=1S/C11H10F3N3O2/c12-11(13,14)7-2-5-17(6-3-7)10-15-4-1-8(16-10)9(18)19/h1-2,4H,3,5-6H2,(H,18,19). The van der Waals surface area contributed by atoms with Crippen LogP contribution >= 0.6 is 0 Å². The van der Waals surface area contributed by atoms with Gasteiger partial charge in [0.05, 0.1) is 0 Å². The number of hydrogen-bond acceptors (Lipinski definition) is 4. The number of aromatic nitrogens is 2. The molecule has 0 atom stereocenters. The summed E-state index contributed by atoms with van der Waals surface area (Å²) in [5.74, 6) is -1.08. The van der Waals surface area contributed by atoms with Gasteiger partial charge in [-0.15, -0.1) is 0 Å².